The molecule has 0 aliphatic carbocycles. The maximum absolute atomic E-state index is 12.5. The second kappa shape index (κ2) is 7.33. The molecule has 3 heterocycles. The van der Waals surface area contributed by atoms with Gasteiger partial charge in [-0.1, -0.05) is 36.4 Å². The van der Waals surface area contributed by atoms with E-state index in [1.165, 1.54) is 0 Å². The Labute approximate surface area is 172 Å². The van der Waals surface area contributed by atoms with Gasteiger partial charge < -0.3 is 10.7 Å². The zero-order chi connectivity index (χ0) is 20.5. The van der Waals surface area contributed by atoms with E-state index in [2.05, 4.69) is 20.2 Å². The molecule has 5 aromatic rings. The van der Waals surface area contributed by atoms with Crippen molar-refractivity contribution in [2.24, 2.45) is 5.73 Å². The summed E-state index contributed by atoms with van der Waals surface area (Å²) in [7, 11) is 0. The van der Waals surface area contributed by atoms with Gasteiger partial charge in [-0.15, -0.1) is 0 Å². The molecule has 0 bridgehead atoms. The van der Waals surface area contributed by atoms with Crippen molar-refractivity contribution in [3.8, 4) is 0 Å². The number of pyridine rings is 1. The molecule has 5 rings (SSSR count). The van der Waals surface area contributed by atoms with Gasteiger partial charge in [-0.2, -0.15) is 5.10 Å². The highest BCUT2D eigenvalue weighted by Crippen LogP contribution is 2.32. The minimum atomic E-state index is -0.560. The second-order valence-corrected chi connectivity index (χ2v) is 7.16. The Balaban J connectivity index is 1.59. The largest absolute Gasteiger partial charge is 0.369 e. The lowest BCUT2D eigenvalue weighted by Gasteiger charge is -2.13. The molecule has 2 aromatic carbocycles. The van der Waals surface area contributed by atoms with Gasteiger partial charge in [0.05, 0.1) is 17.1 Å². The molecule has 0 saturated carbocycles. The van der Waals surface area contributed by atoms with Crippen LogP contribution in [-0.2, 0) is 4.79 Å². The number of aromatic nitrogens is 4. The van der Waals surface area contributed by atoms with Crippen molar-refractivity contribution in [3.05, 3.63) is 95.6 Å². The van der Waals surface area contributed by atoms with Crippen LogP contribution in [-0.4, -0.2) is 26.1 Å². The molecule has 0 saturated heterocycles. The van der Waals surface area contributed by atoms with E-state index in [1.807, 2.05) is 72.9 Å². The van der Waals surface area contributed by atoms with E-state index >= 15 is 0 Å². The topological polar surface area (TPSA) is 100 Å². The summed E-state index contributed by atoms with van der Waals surface area (Å²) in [6.45, 7) is 0. The fraction of sp³-hybridized carbons (Fsp3) is 0.0417. The van der Waals surface area contributed by atoms with Crippen LogP contribution in [0.3, 0.4) is 0 Å². The molecule has 146 valence electrons. The first kappa shape index (κ1) is 17.9. The van der Waals surface area contributed by atoms with Crippen LogP contribution in [0.25, 0.3) is 34.0 Å². The van der Waals surface area contributed by atoms with E-state index in [-0.39, 0.29) is 0 Å². The smallest absolute Gasteiger partial charge is 0.229 e. The van der Waals surface area contributed by atoms with Gasteiger partial charge in [-0.25, -0.2) is 0 Å². The first-order valence-corrected chi connectivity index (χ1v) is 9.62. The molecule has 1 unspecified atom stereocenters. The van der Waals surface area contributed by atoms with Crippen LogP contribution in [0.5, 0.6) is 0 Å². The number of H-pyrrole nitrogens is 2. The molecular formula is C24H19N5O. The normalized spacial score (nSPS) is 12.7. The Bertz CT molecular complexity index is 1380. The van der Waals surface area contributed by atoms with E-state index in [0.29, 0.717) is 0 Å². The van der Waals surface area contributed by atoms with E-state index in [1.54, 1.807) is 12.4 Å². The molecule has 1 amide bonds. The van der Waals surface area contributed by atoms with Crippen molar-refractivity contribution < 1.29 is 4.79 Å². The van der Waals surface area contributed by atoms with Crippen LogP contribution in [0, 0.1) is 0 Å². The molecule has 0 spiro atoms. The van der Waals surface area contributed by atoms with Gasteiger partial charge in [0.1, 0.15) is 0 Å². The fourth-order valence-electron chi connectivity index (χ4n) is 3.84. The Kier molecular flexibility index (Phi) is 4.37. The van der Waals surface area contributed by atoms with Crippen molar-refractivity contribution in [1.29, 1.82) is 0 Å². The highest BCUT2D eigenvalue weighted by molar-refractivity contribution is 5.96. The molecule has 6 nitrogen and oxygen atoms in total. The molecule has 1 atom stereocenters. The van der Waals surface area contributed by atoms with Gasteiger partial charge in [0, 0.05) is 34.9 Å². The third-order valence-corrected chi connectivity index (χ3v) is 5.28. The van der Waals surface area contributed by atoms with Gasteiger partial charge in [-0.3, -0.25) is 14.9 Å². The molecule has 0 radical (unpaired) electrons. The minimum absolute atomic E-state index is 0.393. The number of aromatic amines is 2. The summed E-state index contributed by atoms with van der Waals surface area (Å²) in [5.41, 5.74) is 11.2. The summed E-state index contributed by atoms with van der Waals surface area (Å²) >= 11 is 0. The van der Waals surface area contributed by atoms with Crippen LogP contribution in [0.2, 0.25) is 0 Å². The number of benzene rings is 2. The third kappa shape index (κ3) is 3.14. The van der Waals surface area contributed by atoms with Crippen molar-refractivity contribution in [3.63, 3.8) is 0 Å². The lowest BCUT2D eigenvalue weighted by Crippen LogP contribution is -2.22. The molecule has 4 N–H and O–H groups in total. The lowest BCUT2D eigenvalue weighted by atomic mass is 9.89. The monoisotopic (exact) mass is 393 g/mol. The van der Waals surface area contributed by atoms with E-state index in [4.69, 9.17) is 5.73 Å². The summed E-state index contributed by atoms with van der Waals surface area (Å²) < 4.78 is 0. The SMILES string of the molecule is NC(=O)C(c1ccc2[nH]nc(/C=C/c3cccnc3)c2c1)c1c[nH]c2ccccc12. The average molecular weight is 393 g/mol. The maximum atomic E-state index is 12.5. The number of rotatable bonds is 5. The van der Waals surface area contributed by atoms with Crippen molar-refractivity contribution in [2.45, 2.75) is 5.92 Å². The maximum Gasteiger partial charge on any atom is 0.229 e. The number of nitrogens with one attached hydrogen (secondary N) is 2. The van der Waals surface area contributed by atoms with E-state index < -0.39 is 11.8 Å². The van der Waals surface area contributed by atoms with Crippen LogP contribution < -0.4 is 5.73 Å². The first-order valence-electron chi connectivity index (χ1n) is 9.62. The molecule has 3 aromatic heterocycles. The Hall–Kier alpha value is -4.19. The summed E-state index contributed by atoms with van der Waals surface area (Å²) in [5, 5.41) is 9.38. The minimum Gasteiger partial charge on any atom is -0.369 e. The molecule has 0 aliphatic rings. The standard InChI is InChI=1S/C24H19N5O/c25-24(30)23(19-14-27-20-6-2-1-5-17(19)20)16-8-10-22-18(12-16)21(28-29-22)9-7-15-4-3-11-26-13-15/h1-14,23,27H,(H2,25,30)(H,28,29)/b9-7+. The predicted octanol–water partition coefficient (Wildman–Crippen LogP) is 4.23. The highest BCUT2D eigenvalue weighted by atomic mass is 16.1. The van der Waals surface area contributed by atoms with E-state index in [9.17, 15) is 4.79 Å². The van der Waals surface area contributed by atoms with E-state index in [0.717, 1.165) is 44.2 Å². The number of amides is 1. The Morgan fingerprint density at radius 3 is 2.73 bits per heavy atom. The van der Waals surface area contributed by atoms with Crippen molar-refractivity contribution in [2.75, 3.05) is 0 Å². The van der Waals surface area contributed by atoms with Gasteiger partial charge in [-0.05, 0) is 47.0 Å². The third-order valence-electron chi connectivity index (χ3n) is 5.28. The number of nitrogens with zero attached hydrogens (tertiary/aromatic N) is 2. The summed E-state index contributed by atoms with van der Waals surface area (Å²) in [5.74, 6) is -0.953. The summed E-state index contributed by atoms with van der Waals surface area (Å²) in [6, 6.07) is 17.6. The second-order valence-electron chi connectivity index (χ2n) is 7.16. The number of carbonyl (C=O) groups is 1. The van der Waals surface area contributed by atoms with Crippen LogP contribution >= 0.6 is 0 Å². The first-order chi connectivity index (χ1) is 14.7. The highest BCUT2D eigenvalue weighted by Gasteiger charge is 2.24. The Morgan fingerprint density at radius 1 is 1.00 bits per heavy atom. The fourth-order valence-corrected chi connectivity index (χ4v) is 3.84. The lowest BCUT2D eigenvalue weighted by molar-refractivity contribution is -0.118. The number of fused-ring (bicyclic) bond motifs is 2. The average Bonchev–Trinajstić information content (AvgIpc) is 3.37. The van der Waals surface area contributed by atoms with Crippen molar-refractivity contribution in [1.82, 2.24) is 20.2 Å². The van der Waals surface area contributed by atoms with Gasteiger partial charge in [0.25, 0.3) is 0 Å². The van der Waals surface area contributed by atoms with Gasteiger partial charge in [0.2, 0.25) is 5.91 Å². The van der Waals surface area contributed by atoms with Crippen LogP contribution in [0.1, 0.15) is 28.3 Å². The number of hydrogen-bond donors (Lipinski definition) is 3. The van der Waals surface area contributed by atoms with Crippen molar-refractivity contribution >= 4 is 39.9 Å². The number of hydrogen-bond acceptors (Lipinski definition) is 3. The Morgan fingerprint density at radius 2 is 1.90 bits per heavy atom. The predicted molar refractivity (Wildman–Crippen MR) is 119 cm³/mol. The van der Waals surface area contributed by atoms with Gasteiger partial charge >= 0.3 is 0 Å². The summed E-state index contributed by atoms with van der Waals surface area (Å²) in [6.07, 6.45) is 9.28. The molecule has 0 fully saturated rings. The summed E-state index contributed by atoms with van der Waals surface area (Å²) in [4.78, 5) is 19.8. The molecule has 0 aliphatic heterocycles. The number of para-hydroxylation sites is 1. The zero-order valence-corrected chi connectivity index (χ0v) is 16.0. The number of nitrogens with two attached hydrogens (primary N) is 1. The molecule has 6 heteroatoms. The van der Waals surface area contributed by atoms with Gasteiger partial charge in [0.15, 0.2) is 0 Å². The van der Waals surface area contributed by atoms with Crippen LogP contribution in [0.4, 0.5) is 0 Å². The zero-order valence-electron chi connectivity index (χ0n) is 16.0. The number of carbonyl (C=O) groups excluding carboxylic acids is 1. The molecular weight excluding hydrogens is 374 g/mol. The number of primary amides is 1. The molecule has 30 heavy (non-hydrogen) atoms. The quantitative estimate of drug-likeness (QED) is 0.417. The van der Waals surface area contributed by atoms with Crippen LogP contribution in [0.15, 0.2) is 73.2 Å².